The SMILES string of the molecule is Cc1ccc(NC(=O)COC(=O)c2ccc(Cl)c(N)c2)c(Br)c1. The zero-order valence-electron chi connectivity index (χ0n) is 12.2. The van der Waals surface area contributed by atoms with Crippen LogP contribution in [0.4, 0.5) is 11.4 Å². The number of amides is 1. The summed E-state index contributed by atoms with van der Waals surface area (Å²) in [6.45, 7) is 1.54. The number of rotatable bonds is 4. The van der Waals surface area contributed by atoms with Crippen LogP contribution in [0, 0.1) is 6.92 Å². The molecule has 7 heteroatoms. The third kappa shape index (κ3) is 4.71. The summed E-state index contributed by atoms with van der Waals surface area (Å²) in [7, 11) is 0. The Hall–Kier alpha value is -2.05. The summed E-state index contributed by atoms with van der Waals surface area (Å²) in [6, 6.07) is 9.88. The van der Waals surface area contributed by atoms with Gasteiger partial charge in [-0.1, -0.05) is 17.7 Å². The van der Waals surface area contributed by atoms with E-state index in [2.05, 4.69) is 21.2 Å². The van der Waals surface area contributed by atoms with Crippen LogP contribution in [0.5, 0.6) is 0 Å². The van der Waals surface area contributed by atoms with E-state index in [1.54, 1.807) is 6.07 Å². The maximum atomic E-state index is 11.9. The number of hydrogen-bond donors (Lipinski definition) is 2. The lowest BCUT2D eigenvalue weighted by atomic mass is 10.2. The number of aryl methyl sites for hydroxylation is 1. The number of ether oxygens (including phenoxy) is 1. The molecule has 2 rings (SSSR count). The first-order valence-electron chi connectivity index (χ1n) is 6.65. The van der Waals surface area contributed by atoms with Gasteiger partial charge in [0.05, 0.1) is 22.0 Å². The monoisotopic (exact) mass is 396 g/mol. The van der Waals surface area contributed by atoms with Crippen molar-refractivity contribution >= 4 is 50.8 Å². The third-order valence-electron chi connectivity index (χ3n) is 2.96. The molecule has 0 spiro atoms. The first-order valence-corrected chi connectivity index (χ1v) is 7.82. The van der Waals surface area contributed by atoms with Crippen LogP contribution in [0.15, 0.2) is 40.9 Å². The van der Waals surface area contributed by atoms with Gasteiger partial charge in [-0.2, -0.15) is 0 Å². The average Bonchev–Trinajstić information content (AvgIpc) is 2.50. The van der Waals surface area contributed by atoms with Crippen molar-refractivity contribution in [2.45, 2.75) is 6.92 Å². The standard InChI is InChI=1S/C16H14BrClN2O3/c1-9-2-5-14(11(17)6-9)20-15(21)8-23-16(22)10-3-4-12(18)13(19)7-10/h2-7H,8,19H2,1H3,(H,20,21). The molecule has 0 radical (unpaired) electrons. The van der Waals surface area contributed by atoms with Crippen molar-refractivity contribution in [3.8, 4) is 0 Å². The molecule has 0 aliphatic carbocycles. The van der Waals surface area contributed by atoms with Crippen molar-refractivity contribution in [1.82, 2.24) is 0 Å². The first kappa shape index (κ1) is 17.3. The van der Waals surface area contributed by atoms with Crippen molar-refractivity contribution in [1.29, 1.82) is 0 Å². The number of halogens is 2. The van der Waals surface area contributed by atoms with Crippen LogP contribution in [-0.4, -0.2) is 18.5 Å². The van der Waals surface area contributed by atoms with Crippen LogP contribution in [0.2, 0.25) is 5.02 Å². The molecule has 0 fully saturated rings. The average molecular weight is 398 g/mol. The zero-order valence-corrected chi connectivity index (χ0v) is 14.6. The molecule has 3 N–H and O–H groups in total. The van der Waals surface area contributed by atoms with Gasteiger partial charge in [-0.25, -0.2) is 4.79 Å². The van der Waals surface area contributed by atoms with Crippen molar-refractivity contribution in [2.24, 2.45) is 0 Å². The number of nitrogen functional groups attached to an aromatic ring is 1. The Kier molecular flexibility index (Phi) is 5.63. The summed E-state index contributed by atoms with van der Waals surface area (Å²) in [4.78, 5) is 23.7. The van der Waals surface area contributed by atoms with Gasteiger partial charge < -0.3 is 15.8 Å². The van der Waals surface area contributed by atoms with Gasteiger partial charge in [0, 0.05) is 4.47 Å². The van der Waals surface area contributed by atoms with E-state index in [0.29, 0.717) is 10.7 Å². The lowest BCUT2D eigenvalue weighted by molar-refractivity contribution is -0.119. The fourth-order valence-electron chi connectivity index (χ4n) is 1.79. The number of nitrogens with two attached hydrogens (primary N) is 1. The van der Waals surface area contributed by atoms with Crippen LogP contribution in [0.25, 0.3) is 0 Å². The fourth-order valence-corrected chi connectivity index (χ4v) is 2.50. The number of carbonyl (C=O) groups is 2. The highest BCUT2D eigenvalue weighted by Crippen LogP contribution is 2.23. The van der Waals surface area contributed by atoms with Crippen LogP contribution in [-0.2, 0) is 9.53 Å². The Bertz CT molecular complexity index is 765. The predicted octanol–water partition coefficient (Wildman–Crippen LogP) is 3.79. The van der Waals surface area contributed by atoms with Crippen LogP contribution in [0.1, 0.15) is 15.9 Å². The van der Waals surface area contributed by atoms with E-state index in [4.69, 9.17) is 22.1 Å². The van der Waals surface area contributed by atoms with E-state index in [0.717, 1.165) is 10.0 Å². The summed E-state index contributed by atoms with van der Waals surface area (Å²) in [5, 5.41) is 3.01. The summed E-state index contributed by atoms with van der Waals surface area (Å²) >= 11 is 9.14. The number of benzene rings is 2. The van der Waals surface area contributed by atoms with Gasteiger partial charge in [0.25, 0.3) is 5.91 Å². The van der Waals surface area contributed by atoms with Crippen molar-refractivity contribution < 1.29 is 14.3 Å². The second kappa shape index (κ2) is 7.48. The minimum absolute atomic E-state index is 0.233. The van der Waals surface area contributed by atoms with Crippen molar-refractivity contribution in [3.05, 3.63) is 57.0 Å². The maximum Gasteiger partial charge on any atom is 0.338 e. The lowest BCUT2D eigenvalue weighted by Crippen LogP contribution is -2.21. The second-order valence-corrected chi connectivity index (χ2v) is 6.11. The fraction of sp³-hybridized carbons (Fsp3) is 0.125. The predicted molar refractivity (Wildman–Crippen MR) is 93.7 cm³/mol. The topological polar surface area (TPSA) is 81.4 Å². The largest absolute Gasteiger partial charge is 0.452 e. The second-order valence-electron chi connectivity index (χ2n) is 4.84. The normalized spacial score (nSPS) is 10.2. The van der Waals surface area contributed by atoms with E-state index in [1.165, 1.54) is 18.2 Å². The Labute approximate surface area is 146 Å². The molecule has 1 amide bonds. The molecule has 0 aromatic heterocycles. The molecule has 0 saturated heterocycles. The highest BCUT2D eigenvalue weighted by atomic mass is 79.9. The summed E-state index contributed by atoms with van der Waals surface area (Å²) in [6.07, 6.45) is 0. The van der Waals surface area contributed by atoms with Gasteiger partial charge >= 0.3 is 5.97 Å². The molecule has 0 atom stereocenters. The molecule has 0 heterocycles. The van der Waals surface area contributed by atoms with Gasteiger partial charge in [0.1, 0.15) is 0 Å². The minimum Gasteiger partial charge on any atom is -0.452 e. The highest BCUT2D eigenvalue weighted by Gasteiger charge is 2.12. The molecule has 0 bridgehead atoms. The van der Waals surface area contributed by atoms with Gasteiger partial charge in [-0.05, 0) is 58.7 Å². The zero-order chi connectivity index (χ0) is 17.0. The number of esters is 1. The Morgan fingerprint density at radius 1 is 1.26 bits per heavy atom. The number of hydrogen-bond acceptors (Lipinski definition) is 4. The summed E-state index contributed by atoms with van der Waals surface area (Å²) in [5.74, 6) is -1.09. The van der Waals surface area contributed by atoms with Crippen LogP contribution in [0.3, 0.4) is 0 Å². The van der Waals surface area contributed by atoms with E-state index < -0.39 is 18.5 Å². The van der Waals surface area contributed by atoms with Crippen molar-refractivity contribution in [2.75, 3.05) is 17.7 Å². The van der Waals surface area contributed by atoms with Gasteiger partial charge in [-0.15, -0.1) is 0 Å². The summed E-state index contributed by atoms with van der Waals surface area (Å²) < 4.78 is 5.71. The molecular weight excluding hydrogens is 384 g/mol. The number of nitrogens with one attached hydrogen (secondary N) is 1. The quantitative estimate of drug-likeness (QED) is 0.607. The molecular formula is C16H14BrClN2O3. The molecule has 5 nitrogen and oxygen atoms in total. The van der Waals surface area contributed by atoms with Gasteiger partial charge in [-0.3, -0.25) is 4.79 Å². The van der Waals surface area contributed by atoms with Gasteiger partial charge in [0.2, 0.25) is 0 Å². The van der Waals surface area contributed by atoms with Crippen molar-refractivity contribution in [3.63, 3.8) is 0 Å². The first-order chi connectivity index (χ1) is 10.9. The molecule has 0 aliphatic heterocycles. The third-order valence-corrected chi connectivity index (χ3v) is 3.97. The molecule has 0 saturated carbocycles. The lowest BCUT2D eigenvalue weighted by Gasteiger charge is -2.09. The van der Waals surface area contributed by atoms with E-state index in [9.17, 15) is 9.59 Å². The summed E-state index contributed by atoms with van der Waals surface area (Å²) in [5.41, 5.74) is 7.79. The molecule has 2 aromatic carbocycles. The Morgan fingerprint density at radius 3 is 2.65 bits per heavy atom. The van der Waals surface area contributed by atoms with E-state index in [1.807, 2.05) is 19.1 Å². The van der Waals surface area contributed by atoms with E-state index in [-0.39, 0.29) is 11.3 Å². The maximum absolute atomic E-state index is 11.9. The van der Waals surface area contributed by atoms with E-state index >= 15 is 0 Å². The van der Waals surface area contributed by atoms with Gasteiger partial charge in [0.15, 0.2) is 6.61 Å². The van der Waals surface area contributed by atoms with Crippen LogP contribution >= 0.6 is 27.5 Å². The smallest absolute Gasteiger partial charge is 0.338 e. The number of anilines is 2. The number of carbonyl (C=O) groups excluding carboxylic acids is 2. The molecule has 0 unspecified atom stereocenters. The molecule has 23 heavy (non-hydrogen) atoms. The molecule has 120 valence electrons. The minimum atomic E-state index is -0.647. The highest BCUT2D eigenvalue weighted by molar-refractivity contribution is 9.10. The molecule has 0 aliphatic rings. The molecule has 2 aromatic rings. The van der Waals surface area contributed by atoms with Crippen LogP contribution < -0.4 is 11.1 Å². The Balaban J connectivity index is 1.93. The Morgan fingerprint density at radius 2 is 2.00 bits per heavy atom.